The van der Waals surface area contributed by atoms with Crippen LogP contribution < -0.4 is 5.73 Å². The highest BCUT2D eigenvalue weighted by Gasteiger charge is 2.10. The van der Waals surface area contributed by atoms with Crippen molar-refractivity contribution in [3.05, 3.63) is 23.8 Å². The van der Waals surface area contributed by atoms with Crippen LogP contribution in [0.15, 0.2) is 18.2 Å². The van der Waals surface area contributed by atoms with Crippen LogP contribution in [0.5, 0.6) is 11.5 Å². The van der Waals surface area contributed by atoms with Crippen molar-refractivity contribution in [2.24, 2.45) is 5.73 Å². The lowest BCUT2D eigenvalue weighted by Crippen LogP contribution is -2.16. The third kappa shape index (κ3) is 2.34. The normalized spacial score (nSPS) is 12.8. The minimum atomic E-state index is -0.419. The number of methoxy groups -OCH3 is 1. The Balaban J connectivity index is 2.91. The molecule has 0 amide bonds. The van der Waals surface area contributed by atoms with Crippen LogP contribution in [0.3, 0.4) is 0 Å². The van der Waals surface area contributed by atoms with E-state index in [1.807, 2.05) is 0 Å². The van der Waals surface area contributed by atoms with Gasteiger partial charge in [0.25, 0.3) is 0 Å². The molecular formula is C9H13NO3. The van der Waals surface area contributed by atoms with Gasteiger partial charge in [-0.25, -0.2) is 0 Å². The first kappa shape index (κ1) is 9.83. The topological polar surface area (TPSA) is 75.7 Å². The van der Waals surface area contributed by atoms with Gasteiger partial charge in [0.1, 0.15) is 11.5 Å². The average molecular weight is 183 g/mol. The van der Waals surface area contributed by atoms with Crippen molar-refractivity contribution in [1.82, 2.24) is 0 Å². The molecule has 4 N–H and O–H groups in total. The Labute approximate surface area is 76.6 Å². The molecular weight excluding hydrogens is 170 g/mol. The van der Waals surface area contributed by atoms with Crippen molar-refractivity contribution in [2.45, 2.75) is 6.04 Å². The molecule has 0 aliphatic carbocycles. The summed E-state index contributed by atoms with van der Waals surface area (Å²) in [6, 6.07) is 3.81. The molecule has 1 aromatic carbocycles. The molecule has 1 aromatic rings. The zero-order valence-electron chi connectivity index (χ0n) is 7.40. The quantitative estimate of drug-likeness (QED) is 0.604. The van der Waals surface area contributed by atoms with E-state index in [9.17, 15) is 5.11 Å². The smallest absolute Gasteiger partial charge is 0.120 e. The molecule has 0 spiro atoms. The van der Waals surface area contributed by atoms with E-state index in [1.54, 1.807) is 0 Å². The average Bonchev–Trinajstić information content (AvgIpc) is 2.09. The van der Waals surface area contributed by atoms with Gasteiger partial charge < -0.3 is 20.7 Å². The SMILES string of the molecule is COC[C@@H](N)c1cc(O)ccc1O. The predicted molar refractivity (Wildman–Crippen MR) is 48.6 cm³/mol. The number of benzene rings is 1. The van der Waals surface area contributed by atoms with Gasteiger partial charge in [-0.3, -0.25) is 0 Å². The first-order chi connectivity index (χ1) is 6.15. The van der Waals surface area contributed by atoms with Crippen LogP contribution in [0, 0.1) is 0 Å². The van der Waals surface area contributed by atoms with E-state index in [1.165, 1.54) is 25.3 Å². The Morgan fingerprint density at radius 2 is 2.15 bits per heavy atom. The fraction of sp³-hybridized carbons (Fsp3) is 0.333. The van der Waals surface area contributed by atoms with Gasteiger partial charge in [0.05, 0.1) is 12.6 Å². The second-order valence-electron chi connectivity index (χ2n) is 2.80. The summed E-state index contributed by atoms with van der Waals surface area (Å²) < 4.78 is 4.84. The lowest BCUT2D eigenvalue weighted by molar-refractivity contribution is 0.179. The van der Waals surface area contributed by atoms with Crippen molar-refractivity contribution in [2.75, 3.05) is 13.7 Å². The molecule has 0 saturated carbocycles. The Kier molecular flexibility index (Phi) is 3.11. The Bertz CT molecular complexity index is 288. The molecule has 13 heavy (non-hydrogen) atoms. The van der Waals surface area contributed by atoms with E-state index in [0.717, 1.165) is 0 Å². The molecule has 0 aromatic heterocycles. The van der Waals surface area contributed by atoms with Crippen molar-refractivity contribution < 1.29 is 14.9 Å². The second kappa shape index (κ2) is 4.11. The maximum Gasteiger partial charge on any atom is 0.120 e. The van der Waals surface area contributed by atoms with E-state index in [4.69, 9.17) is 15.6 Å². The largest absolute Gasteiger partial charge is 0.508 e. The zero-order valence-corrected chi connectivity index (χ0v) is 7.40. The van der Waals surface area contributed by atoms with Gasteiger partial charge in [-0.2, -0.15) is 0 Å². The van der Waals surface area contributed by atoms with Crippen LogP contribution in [0.2, 0.25) is 0 Å². The molecule has 4 nitrogen and oxygen atoms in total. The van der Waals surface area contributed by atoms with Crippen molar-refractivity contribution >= 4 is 0 Å². The first-order valence-electron chi connectivity index (χ1n) is 3.91. The van der Waals surface area contributed by atoms with E-state index < -0.39 is 6.04 Å². The molecule has 0 fully saturated rings. The maximum atomic E-state index is 9.39. The number of nitrogens with two attached hydrogens (primary N) is 1. The highest BCUT2D eigenvalue weighted by Crippen LogP contribution is 2.26. The molecule has 0 aliphatic heterocycles. The highest BCUT2D eigenvalue weighted by atomic mass is 16.5. The number of aromatic hydroxyl groups is 2. The number of rotatable bonds is 3. The lowest BCUT2D eigenvalue weighted by Gasteiger charge is -2.12. The van der Waals surface area contributed by atoms with E-state index >= 15 is 0 Å². The third-order valence-corrected chi connectivity index (χ3v) is 1.76. The summed E-state index contributed by atoms with van der Waals surface area (Å²) in [5, 5.41) is 18.5. The van der Waals surface area contributed by atoms with Crippen LogP contribution in [-0.4, -0.2) is 23.9 Å². The van der Waals surface area contributed by atoms with Gasteiger partial charge in [0.2, 0.25) is 0 Å². The number of ether oxygens (including phenoxy) is 1. The molecule has 0 aliphatic rings. The Hall–Kier alpha value is -1.26. The molecule has 0 heterocycles. The number of phenolic OH excluding ortho intramolecular Hbond substituents is 2. The van der Waals surface area contributed by atoms with Gasteiger partial charge in [0.15, 0.2) is 0 Å². The van der Waals surface area contributed by atoms with Gasteiger partial charge >= 0.3 is 0 Å². The lowest BCUT2D eigenvalue weighted by atomic mass is 10.1. The highest BCUT2D eigenvalue weighted by molar-refractivity contribution is 5.40. The van der Waals surface area contributed by atoms with Crippen LogP contribution in [0.4, 0.5) is 0 Å². The van der Waals surface area contributed by atoms with Gasteiger partial charge in [-0.1, -0.05) is 0 Å². The summed E-state index contributed by atoms with van der Waals surface area (Å²) in [5.41, 5.74) is 6.17. The van der Waals surface area contributed by atoms with Gasteiger partial charge in [0, 0.05) is 12.7 Å². The minimum absolute atomic E-state index is 0.0716. The fourth-order valence-electron chi connectivity index (χ4n) is 1.11. The first-order valence-corrected chi connectivity index (χ1v) is 3.91. The molecule has 1 atom stereocenters. The third-order valence-electron chi connectivity index (χ3n) is 1.76. The molecule has 1 rings (SSSR count). The monoisotopic (exact) mass is 183 g/mol. The van der Waals surface area contributed by atoms with E-state index in [2.05, 4.69) is 0 Å². The van der Waals surface area contributed by atoms with Crippen molar-refractivity contribution in [1.29, 1.82) is 0 Å². The van der Waals surface area contributed by atoms with Gasteiger partial charge in [-0.15, -0.1) is 0 Å². The van der Waals surface area contributed by atoms with Gasteiger partial charge in [-0.05, 0) is 18.2 Å². The maximum absolute atomic E-state index is 9.39. The number of phenols is 2. The second-order valence-corrected chi connectivity index (χ2v) is 2.80. The molecule has 0 bridgehead atoms. The predicted octanol–water partition coefficient (Wildman–Crippen LogP) is 0.744. The van der Waals surface area contributed by atoms with E-state index in [0.29, 0.717) is 12.2 Å². The Morgan fingerprint density at radius 3 is 2.77 bits per heavy atom. The summed E-state index contributed by atoms with van der Waals surface area (Å²) in [4.78, 5) is 0. The Morgan fingerprint density at radius 1 is 1.46 bits per heavy atom. The van der Waals surface area contributed by atoms with Crippen LogP contribution in [0.25, 0.3) is 0 Å². The molecule has 72 valence electrons. The molecule has 0 unspecified atom stereocenters. The number of hydrogen-bond donors (Lipinski definition) is 3. The minimum Gasteiger partial charge on any atom is -0.508 e. The van der Waals surface area contributed by atoms with Crippen molar-refractivity contribution in [3.63, 3.8) is 0 Å². The summed E-state index contributed by atoms with van der Waals surface area (Å²) in [7, 11) is 1.53. The summed E-state index contributed by atoms with van der Waals surface area (Å²) in [5.74, 6) is 0.154. The van der Waals surface area contributed by atoms with E-state index in [-0.39, 0.29) is 11.5 Å². The van der Waals surface area contributed by atoms with Crippen LogP contribution >= 0.6 is 0 Å². The summed E-state index contributed by atoms with van der Waals surface area (Å²) in [6.07, 6.45) is 0. The zero-order chi connectivity index (χ0) is 9.84. The molecule has 0 saturated heterocycles. The molecule has 4 heteroatoms. The summed E-state index contributed by atoms with van der Waals surface area (Å²) >= 11 is 0. The summed E-state index contributed by atoms with van der Waals surface area (Å²) in [6.45, 7) is 0.303. The van der Waals surface area contributed by atoms with Crippen LogP contribution in [0.1, 0.15) is 11.6 Å². The molecule has 0 radical (unpaired) electrons. The standard InChI is InChI=1S/C9H13NO3/c1-13-5-8(10)7-4-6(11)2-3-9(7)12/h2-4,8,11-12H,5,10H2,1H3/t8-/m1/s1. The number of hydrogen-bond acceptors (Lipinski definition) is 4. The fourth-order valence-corrected chi connectivity index (χ4v) is 1.11. The van der Waals surface area contributed by atoms with Crippen LogP contribution in [-0.2, 0) is 4.74 Å². The van der Waals surface area contributed by atoms with Crippen molar-refractivity contribution in [3.8, 4) is 11.5 Å².